The summed E-state index contributed by atoms with van der Waals surface area (Å²) in [6, 6.07) is 0. The van der Waals surface area contributed by atoms with Crippen molar-refractivity contribution in [3.8, 4) is 0 Å². The monoisotopic (exact) mass is 576 g/mol. The van der Waals surface area contributed by atoms with Crippen LogP contribution in [0.2, 0.25) is 0 Å². The molecule has 2 saturated carbocycles. The average Bonchev–Trinajstić information content (AvgIpc) is 3.38. The van der Waals surface area contributed by atoms with Gasteiger partial charge >= 0.3 is 171 Å². The molecule has 2 aliphatic heterocycles. The van der Waals surface area contributed by atoms with Crippen LogP contribution in [-0.2, 0) is 19.1 Å². The van der Waals surface area contributed by atoms with Crippen molar-refractivity contribution in [3.63, 3.8) is 0 Å². The van der Waals surface area contributed by atoms with Gasteiger partial charge in [0.1, 0.15) is 0 Å². The van der Waals surface area contributed by atoms with E-state index in [0.29, 0.717) is 0 Å². The van der Waals surface area contributed by atoms with Crippen molar-refractivity contribution in [1.29, 1.82) is 0 Å². The van der Waals surface area contributed by atoms with Crippen molar-refractivity contribution < 1.29 is 19.1 Å². The van der Waals surface area contributed by atoms with E-state index in [2.05, 4.69) is 36.6 Å². The summed E-state index contributed by atoms with van der Waals surface area (Å²) in [6.45, 7) is 3.67. The normalized spacial score (nSPS) is 34.8. The molecule has 0 amide bonds. The zero-order chi connectivity index (χ0) is 17.9. The third-order valence-electron chi connectivity index (χ3n) is 6.59. The number of ether oxygens (including phenoxy) is 2. The van der Waals surface area contributed by atoms with Gasteiger partial charge in [0.05, 0.1) is 0 Å². The Balaban J connectivity index is 1.34. The summed E-state index contributed by atoms with van der Waals surface area (Å²) in [6.07, 6.45) is 9.14. The second-order valence-corrected chi connectivity index (χ2v) is 14.6. The Morgan fingerprint density at radius 3 is 2.16 bits per heavy atom. The Morgan fingerprint density at radius 2 is 1.64 bits per heavy atom. The van der Waals surface area contributed by atoms with E-state index in [1.165, 1.54) is 19.3 Å². The number of fused-ring (bicyclic) bond motifs is 1. The third kappa shape index (κ3) is 2.93. The Kier molecular flexibility index (Phi) is 4.60. The molecule has 0 radical (unpaired) electrons. The number of esters is 2. The fraction of sp³-hybridized carbons (Fsp3) is 0.882. The van der Waals surface area contributed by atoms with Crippen LogP contribution in [-0.4, -0.2) is 31.2 Å². The van der Waals surface area contributed by atoms with Gasteiger partial charge in [-0.1, -0.05) is 0 Å². The number of alkyl halides is 2. The molecule has 0 aromatic rings. The van der Waals surface area contributed by atoms with Gasteiger partial charge in [-0.15, -0.1) is 0 Å². The van der Waals surface area contributed by atoms with Gasteiger partial charge in [0, 0.05) is 0 Å². The molecule has 4 fully saturated rings. The predicted molar refractivity (Wildman–Crippen MR) is 110 cm³/mol. The summed E-state index contributed by atoms with van der Waals surface area (Å²) in [5, 5.41) is 0. The van der Waals surface area contributed by atoms with Crippen molar-refractivity contribution in [2.45, 2.75) is 77.9 Å². The molecule has 4 aliphatic rings. The van der Waals surface area contributed by atoms with Crippen molar-refractivity contribution >= 4 is 54.9 Å². The minimum atomic E-state index is -1.24. The van der Waals surface area contributed by atoms with Gasteiger partial charge in [0.2, 0.25) is 0 Å². The summed E-state index contributed by atoms with van der Waals surface area (Å²) in [5.74, 6) is -0.747. The van der Waals surface area contributed by atoms with Crippen molar-refractivity contribution in [2.24, 2.45) is 5.41 Å². The molecule has 2 aliphatic carbocycles. The molecule has 2 unspecified atom stereocenters. The van der Waals surface area contributed by atoms with Gasteiger partial charge in [0.25, 0.3) is 0 Å². The Bertz CT molecular complexity index is 599. The van der Waals surface area contributed by atoms with Crippen LogP contribution in [0.15, 0.2) is 0 Å². The summed E-state index contributed by atoms with van der Waals surface area (Å²) in [4.78, 5) is 24.9. The molecule has 1 spiro atoms. The van der Waals surface area contributed by atoms with Gasteiger partial charge in [-0.25, -0.2) is 0 Å². The number of carbonyl (C=O) groups excluding carboxylic acids is 2. The number of hydrogen-bond acceptors (Lipinski definition) is 6. The molecule has 2 heterocycles. The van der Waals surface area contributed by atoms with E-state index in [1.54, 1.807) is 0 Å². The Hall–Kier alpha value is 0.320. The van der Waals surface area contributed by atoms with Crippen LogP contribution in [0.4, 0.5) is 0 Å². The van der Waals surface area contributed by atoms with E-state index in [1.807, 2.05) is 6.92 Å². The van der Waals surface area contributed by atoms with E-state index in [4.69, 9.17) is 9.47 Å². The average molecular weight is 576 g/mol. The summed E-state index contributed by atoms with van der Waals surface area (Å²) < 4.78 is 17.1. The first-order valence-corrected chi connectivity index (χ1v) is 13.4. The van der Waals surface area contributed by atoms with Gasteiger partial charge in [-0.05, 0) is 0 Å². The van der Waals surface area contributed by atoms with E-state index < -0.39 is 35.4 Å². The fourth-order valence-corrected chi connectivity index (χ4v) is 12.5. The number of halogens is 2. The van der Waals surface area contributed by atoms with E-state index in [-0.39, 0.29) is 21.7 Å². The zero-order valence-electron chi connectivity index (χ0n) is 14.8. The first kappa shape index (κ1) is 18.7. The Labute approximate surface area is 170 Å². The molecule has 142 valence electrons. The molecule has 6 nitrogen and oxygen atoms in total. The van der Waals surface area contributed by atoms with Gasteiger partial charge in [0.15, 0.2) is 0 Å². The number of rotatable bonds is 5. The molecule has 2 saturated heterocycles. The van der Waals surface area contributed by atoms with E-state index >= 15 is 0 Å². The molecular formula is C17H26I2N2O4. The van der Waals surface area contributed by atoms with Crippen LogP contribution < -0.4 is 7.06 Å². The van der Waals surface area contributed by atoms with Crippen LogP contribution in [0.1, 0.15) is 65.2 Å². The van der Waals surface area contributed by atoms with Crippen LogP contribution in [0, 0.1) is 5.41 Å². The molecule has 0 aromatic carbocycles. The van der Waals surface area contributed by atoms with Gasteiger partial charge in [-0.2, -0.15) is 0 Å². The number of carbonyl (C=O) groups is 2. The fourth-order valence-electron chi connectivity index (χ4n) is 4.71. The maximum atomic E-state index is 12.4. The predicted octanol–water partition coefficient (Wildman–Crippen LogP) is 3.36. The second kappa shape index (κ2) is 6.16. The summed E-state index contributed by atoms with van der Waals surface area (Å²) >= 11 is 0.893. The standard InChI is InChI=1S/C17H26I2N2O4/c1-14(7-3-4-8-16(14)9-5-6-10-16)25-12(22)11-24-13(23)15(2,18)17-19(20-17)21-17/h20-21H,3-11H2,1-2H3. The molecule has 2 N–H and O–H groups in total. The van der Waals surface area contributed by atoms with Crippen molar-refractivity contribution in [1.82, 2.24) is 7.06 Å². The second-order valence-electron chi connectivity index (χ2n) is 8.11. The quantitative estimate of drug-likeness (QED) is 0.130. The van der Waals surface area contributed by atoms with Crippen LogP contribution >= 0.6 is 43.0 Å². The number of hydrogen-bond donors (Lipinski definition) is 2. The number of nitrogens with one attached hydrogen (secondary N) is 2. The van der Waals surface area contributed by atoms with E-state index in [0.717, 1.165) is 32.1 Å². The molecule has 2 atom stereocenters. The van der Waals surface area contributed by atoms with Crippen molar-refractivity contribution in [3.05, 3.63) is 0 Å². The van der Waals surface area contributed by atoms with Crippen LogP contribution in [0.5, 0.6) is 0 Å². The first-order chi connectivity index (χ1) is 11.7. The first-order valence-electron chi connectivity index (χ1n) is 9.08. The van der Waals surface area contributed by atoms with Gasteiger partial charge in [-0.3, -0.25) is 0 Å². The molecule has 8 heteroatoms. The Morgan fingerprint density at radius 1 is 1.12 bits per heavy atom. The SMILES string of the molecule is CC1(OC(=O)COC(=O)C(C)(I)C23NI2N3)CCCCC12CCCC2. The third-order valence-corrected chi connectivity index (χ3v) is 13.7. The van der Waals surface area contributed by atoms with Crippen LogP contribution in [0.25, 0.3) is 0 Å². The molecule has 25 heavy (non-hydrogen) atoms. The van der Waals surface area contributed by atoms with Gasteiger partial charge < -0.3 is 0 Å². The summed E-state index contributed by atoms with van der Waals surface area (Å²) in [7, 11) is 0. The maximum absolute atomic E-state index is 12.4. The van der Waals surface area contributed by atoms with Crippen molar-refractivity contribution in [2.75, 3.05) is 6.61 Å². The molecule has 4 rings (SSSR count). The minimum absolute atomic E-state index is 0.136. The van der Waals surface area contributed by atoms with E-state index in [9.17, 15) is 9.59 Å². The molecule has 0 aromatic heterocycles. The van der Waals surface area contributed by atoms with Crippen LogP contribution in [0.3, 0.4) is 0 Å². The zero-order valence-corrected chi connectivity index (χ0v) is 19.1. The topological polar surface area (TPSA) is 96.5 Å². The molecular weight excluding hydrogens is 550 g/mol. The molecule has 0 bridgehead atoms. The summed E-state index contributed by atoms with van der Waals surface area (Å²) in [5.41, 5.74) is -0.274.